The van der Waals surface area contributed by atoms with Crippen LogP contribution in [0.25, 0.3) is 10.9 Å². The number of hydrogen-bond acceptors (Lipinski definition) is 3. The molecule has 0 bridgehead atoms. The first-order chi connectivity index (χ1) is 13.0. The summed E-state index contributed by atoms with van der Waals surface area (Å²) in [4.78, 5) is 24.6. The number of aromatic amines is 1. The molecule has 1 aliphatic rings. The van der Waals surface area contributed by atoms with E-state index in [9.17, 15) is 9.18 Å². The Labute approximate surface area is 157 Å². The number of nitrogens with zero attached hydrogens (tertiary/aromatic N) is 2. The molecule has 3 aromatic rings. The fourth-order valence-electron chi connectivity index (χ4n) is 3.93. The number of halogens is 1. The Morgan fingerprint density at radius 1 is 1.26 bits per heavy atom. The predicted octanol–water partition coefficient (Wildman–Crippen LogP) is 3.10. The number of carbonyl (C=O) groups is 1. The average Bonchev–Trinajstić information content (AvgIpc) is 3.22. The second-order valence-electron chi connectivity index (χ2n) is 7.17. The van der Waals surface area contributed by atoms with Crippen LogP contribution in [0.15, 0.2) is 18.2 Å². The van der Waals surface area contributed by atoms with Crippen LogP contribution in [0, 0.1) is 19.7 Å². The van der Waals surface area contributed by atoms with Gasteiger partial charge in [0.25, 0.3) is 0 Å². The normalized spacial score (nSPS) is 13.1. The molecule has 4 rings (SSSR count). The number of nitrogens with one attached hydrogen (secondary N) is 2. The number of H-pyrrole nitrogens is 1. The number of carbonyl (C=O) groups excluding carboxylic acids is 1. The van der Waals surface area contributed by atoms with Crippen molar-refractivity contribution in [2.24, 2.45) is 0 Å². The number of hydrogen-bond donors (Lipinski definition) is 2. The van der Waals surface area contributed by atoms with Gasteiger partial charge < -0.3 is 10.3 Å². The van der Waals surface area contributed by atoms with Gasteiger partial charge in [0.2, 0.25) is 5.91 Å². The number of aryl methyl sites for hydroxylation is 3. The van der Waals surface area contributed by atoms with E-state index in [1.165, 1.54) is 17.3 Å². The highest BCUT2D eigenvalue weighted by molar-refractivity contribution is 5.90. The Morgan fingerprint density at radius 2 is 2.11 bits per heavy atom. The molecule has 0 radical (unpaired) electrons. The molecule has 0 saturated carbocycles. The molecule has 0 fully saturated rings. The highest BCUT2D eigenvalue weighted by Crippen LogP contribution is 2.25. The van der Waals surface area contributed by atoms with Gasteiger partial charge in [0.1, 0.15) is 11.6 Å². The van der Waals surface area contributed by atoms with Gasteiger partial charge in [-0.2, -0.15) is 0 Å². The minimum Gasteiger partial charge on any atom is -0.356 e. The zero-order valence-electron chi connectivity index (χ0n) is 15.7. The molecule has 0 saturated heterocycles. The molecule has 1 aromatic carbocycles. The van der Waals surface area contributed by atoms with Gasteiger partial charge in [0, 0.05) is 35.4 Å². The van der Waals surface area contributed by atoms with E-state index in [4.69, 9.17) is 0 Å². The molecule has 5 nitrogen and oxygen atoms in total. The third-order valence-corrected chi connectivity index (χ3v) is 5.30. The van der Waals surface area contributed by atoms with Crippen molar-refractivity contribution in [2.75, 3.05) is 6.54 Å². The molecule has 27 heavy (non-hydrogen) atoms. The van der Waals surface area contributed by atoms with Gasteiger partial charge in [-0.3, -0.25) is 4.79 Å². The van der Waals surface area contributed by atoms with Gasteiger partial charge in [-0.1, -0.05) is 12.1 Å². The molecule has 2 aromatic heterocycles. The summed E-state index contributed by atoms with van der Waals surface area (Å²) in [5.74, 6) is 0.409. The third-order valence-electron chi connectivity index (χ3n) is 5.30. The lowest BCUT2D eigenvalue weighted by Gasteiger charge is -2.08. The molecule has 2 heterocycles. The van der Waals surface area contributed by atoms with Gasteiger partial charge in [-0.15, -0.1) is 0 Å². The molecular weight excluding hydrogens is 343 g/mol. The average molecular weight is 366 g/mol. The smallest absolute Gasteiger partial charge is 0.224 e. The Hall–Kier alpha value is -2.76. The van der Waals surface area contributed by atoms with Crippen molar-refractivity contribution in [1.29, 1.82) is 0 Å². The Bertz CT molecular complexity index is 1020. The lowest BCUT2D eigenvalue weighted by atomic mass is 10.1. The summed E-state index contributed by atoms with van der Waals surface area (Å²) in [6.45, 7) is 4.39. The minimum absolute atomic E-state index is 0.0823. The lowest BCUT2D eigenvalue weighted by Crippen LogP contribution is -2.28. The van der Waals surface area contributed by atoms with Crippen molar-refractivity contribution in [3.8, 4) is 0 Å². The molecule has 1 aliphatic carbocycles. The van der Waals surface area contributed by atoms with E-state index in [0.29, 0.717) is 18.5 Å². The van der Waals surface area contributed by atoms with Crippen LogP contribution in [0.3, 0.4) is 0 Å². The van der Waals surface area contributed by atoms with E-state index in [2.05, 4.69) is 20.3 Å². The van der Waals surface area contributed by atoms with Crippen LogP contribution in [0.5, 0.6) is 0 Å². The summed E-state index contributed by atoms with van der Waals surface area (Å²) in [5.41, 5.74) is 5.65. The Morgan fingerprint density at radius 3 is 2.96 bits per heavy atom. The molecular formula is C21H23FN4O. The predicted molar refractivity (Wildman–Crippen MR) is 102 cm³/mol. The number of para-hydroxylation sites is 1. The highest BCUT2D eigenvalue weighted by Gasteiger charge is 2.17. The van der Waals surface area contributed by atoms with E-state index < -0.39 is 0 Å². The van der Waals surface area contributed by atoms with Crippen molar-refractivity contribution < 1.29 is 9.18 Å². The van der Waals surface area contributed by atoms with Gasteiger partial charge in [0.15, 0.2) is 0 Å². The molecule has 140 valence electrons. The van der Waals surface area contributed by atoms with E-state index in [1.54, 1.807) is 6.07 Å². The Balaban J connectivity index is 1.39. The molecule has 6 heteroatoms. The van der Waals surface area contributed by atoms with Gasteiger partial charge in [-0.25, -0.2) is 14.4 Å². The fourth-order valence-corrected chi connectivity index (χ4v) is 3.93. The fraction of sp³-hybridized carbons (Fsp3) is 0.381. The maximum absolute atomic E-state index is 13.9. The summed E-state index contributed by atoms with van der Waals surface area (Å²) in [6.07, 6.45) is 4.08. The number of fused-ring (bicyclic) bond motifs is 2. The van der Waals surface area contributed by atoms with E-state index >= 15 is 0 Å². The first kappa shape index (κ1) is 17.6. The van der Waals surface area contributed by atoms with Crippen LogP contribution < -0.4 is 5.32 Å². The summed E-state index contributed by atoms with van der Waals surface area (Å²) in [7, 11) is 0. The molecule has 2 N–H and O–H groups in total. The van der Waals surface area contributed by atoms with Crippen LogP contribution in [-0.2, 0) is 30.5 Å². The highest BCUT2D eigenvalue weighted by atomic mass is 19.1. The van der Waals surface area contributed by atoms with Crippen molar-refractivity contribution >= 4 is 16.8 Å². The summed E-state index contributed by atoms with van der Waals surface area (Å²) < 4.78 is 13.9. The first-order valence-electron chi connectivity index (χ1n) is 9.40. The van der Waals surface area contributed by atoms with Gasteiger partial charge in [0.05, 0.1) is 11.9 Å². The van der Waals surface area contributed by atoms with Gasteiger partial charge >= 0.3 is 0 Å². The van der Waals surface area contributed by atoms with Crippen molar-refractivity contribution in [3.05, 3.63) is 58.0 Å². The summed E-state index contributed by atoms with van der Waals surface area (Å²) in [6, 6.07) is 4.92. The van der Waals surface area contributed by atoms with Crippen LogP contribution in [0.2, 0.25) is 0 Å². The van der Waals surface area contributed by atoms with E-state index in [0.717, 1.165) is 47.4 Å². The monoisotopic (exact) mass is 366 g/mol. The number of rotatable bonds is 5. The summed E-state index contributed by atoms with van der Waals surface area (Å²) in [5, 5.41) is 3.70. The van der Waals surface area contributed by atoms with Crippen molar-refractivity contribution in [3.63, 3.8) is 0 Å². The van der Waals surface area contributed by atoms with Crippen molar-refractivity contribution in [2.45, 2.75) is 46.0 Å². The maximum Gasteiger partial charge on any atom is 0.224 e. The van der Waals surface area contributed by atoms with Crippen LogP contribution in [-0.4, -0.2) is 27.4 Å². The molecule has 1 amide bonds. The Kier molecular flexibility index (Phi) is 4.64. The van der Waals surface area contributed by atoms with Crippen molar-refractivity contribution in [1.82, 2.24) is 20.3 Å². The van der Waals surface area contributed by atoms with Crippen LogP contribution in [0.4, 0.5) is 4.39 Å². The van der Waals surface area contributed by atoms with Gasteiger partial charge in [-0.05, 0) is 50.3 Å². The second-order valence-corrected chi connectivity index (χ2v) is 7.17. The number of benzene rings is 1. The second kappa shape index (κ2) is 7.10. The molecule has 0 spiro atoms. The molecule has 0 atom stereocenters. The lowest BCUT2D eigenvalue weighted by molar-refractivity contribution is -0.120. The molecule has 0 unspecified atom stereocenters. The van der Waals surface area contributed by atoms with E-state index in [1.807, 2.05) is 19.9 Å². The zero-order valence-corrected chi connectivity index (χ0v) is 15.7. The molecule has 0 aliphatic heterocycles. The maximum atomic E-state index is 13.9. The SMILES string of the molecule is Cc1nc(CCNC(=O)Cc2c(C)[nH]c3c(F)cccc23)nc2c1CCC2. The minimum atomic E-state index is -0.300. The summed E-state index contributed by atoms with van der Waals surface area (Å²) >= 11 is 0. The van der Waals surface area contributed by atoms with E-state index in [-0.39, 0.29) is 18.1 Å². The largest absolute Gasteiger partial charge is 0.356 e. The van der Waals surface area contributed by atoms with Crippen LogP contribution >= 0.6 is 0 Å². The zero-order chi connectivity index (χ0) is 19.0. The topological polar surface area (TPSA) is 70.7 Å². The third kappa shape index (κ3) is 3.44. The van der Waals surface area contributed by atoms with Crippen LogP contribution in [0.1, 0.15) is 40.5 Å². The number of aromatic nitrogens is 3. The first-order valence-corrected chi connectivity index (χ1v) is 9.40. The number of amides is 1. The quantitative estimate of drug-likeness (QED) is 0.729. The standard InChI is InChI=1S/C21H23FN4O/c1-12-14-5-4-8-18(14)26-19(24-12)9-10-23-20(27)11-16-13(2)25-21-15(16)6-3-7-17(21)22/h3,6-7,25H,4-5,8-11H2,1-2H3,(H,23,27).